The van der Waals surface area contributed by atoms with Gasteiger partial charge in [0.2, 0.25) is 0 Å². The number of carbonyl (C=O) groups excluding carboxylic acids is 1. The molecule has 0 amide bonds. The lowest BCUT2D eigenvalue weighted by atomic mass is 9.70. The van der Waals surface area contributed by atoms with Gasteiger partial charge in [0, 0.05) is 5.57 Å². The molecule has 0 aromatic carbocycles. The van der Waals surface area contributed by atoms with E-state index in [4.69, 9.17) is 14.2 Å². The van der Waals surface area contributed by atoms with Gasteiger partial charge in [0.1, 0.15) is 6.04 Å². The number of fused-ring (bicyclic) bond motifs is 1. The smallest absolute Gasteiger partial charge is 0.192 e. The van der Waals surface area contributed by atoms with Crippen molar-refractivity contribution < 1.29 is 19.1 Å². The lowest BCUT2D eigenvalue weighted by Gasteiger charge is -2.39. The van der Waals surface area contributed by atoms with E-state index in [2.05, 4.69) is 44.5 Å². The second kappa shape index (κ2) is 7.48. The Kier molecular flexibility index (Phi) is 5.24. The maximum atomic E-state index is 12.2. The molecular weight excluding hydrogens is 394 g/mol. The number of epoxide rings is 1. The molecule has 6 heteroatoms. The fourth-order valence-corrected chi connectivity index (χ4v) is 7.92. The van der Waals surface area contributed by atoms with Gasteiger partial charge in [-0.15, -0.1) is 0 Å². The van der Waals surface area contributed by atoms with Crippen LogP contribution in [-0.2, 0) is 14.0 Å². The molecule has 0 radical (unpaired) electrons. The van der Waals surface area contributed by atoms with Crippen LogP contribution in [0.15, 0.2) is 40.9 Å². The average Bonchev–Trinajstić information content (AvgIpc) is 3.48. The summed E-state index contributed by atoms with van der Waals surface area (Å²) in [5, 5.41) is 11.2. The molecule has 0 aromatic heterocycles. The van der Waals surface area contributed by atoms with Crippen LogP contribution < -0.4 is 0 Å². The molecule has 2 heterocycles. The first kappa shape index (κ1) is 21.0. The quantitative estimate of drug-likeness (QED) is 0.310. The van der Waals surface area contributed by atoms with Crippen molar-refractivity contribution in [2.45, 2.75) is 75.3 Å². The Balaban J connectivity index is 1.89. The molecule has 1 N–H and O–H groups in total. The highest BCUT2D eigenvalue weighted by Gasteiger charge is 2.83. The van der Waals surface area contributed by atoms with Gasteiger partial charge in [0.25, 0.3) is 0 Å². The van der Waals surface area contributed by atoms with Gasteiger partial charge in [-0.2, -0.15) is 0 Å². The molecular formula is C24H27NO4Si. The molecule has 5 nitrogen and oxygen atoms in total. The van der Waals surface area contributed by atoms with Crippen LogP contribution in [0.4, 0.5) is 0 Å². The van der Waals surface area contributed by atoms with E-state index in [0.29, 0.717) is 11.3 Å². The van der Waals surface area contributed by atoms with Crippen molar-refractivity contribution in [1.82, 2.24) is 0 Å². The summed E-state index contributed by atoms with van der Waals surface area (Å²) in [5.41, 5.74) is -0.981. The van der Waals surface area contributed by atoms with Gasteiger partial charge in [-0.3, -0.25) is 9.79 Å². The summed E-state index contributed by atoms with van der Waals surface area (Å²) >= 11 is 0. The second-order valence-electron chi connectivity index (χ2n) is 8.16. The van der Waals surface area contributed by atoms with Crippen molar-refractivity contribution >= 4 is 19.8 Å². The lowest BCUT2D eigenvalue weighted by molar-refractivity contribution is -0.110. The Hall–Kier alpha value is -2.22. The van der Waals surface area contributed by atoms with E-state index in [9.17, 15) is 9.90 Å². The number of aliphatic imine (C=N–C) groups is 1. The molecule has 0 unspecified atom stereocenters. The number of nitrogens with zero attached hydrogens (tertiary/aromatic N) is 1. The second-order valence-corrected chi connectivity index (χ2v) is 12.9. The zero-order chi connectivity index (χ0) is 21.6. The van der Waals surface area contributed by atoms with Crippen molar-refractivity contribution in [3.05, 3.63) is 36.0 Å². The molecule has 4 rings (SSSR count). The first-order valence-electron chi connectivity index (χ1n) is 10.6. The summed E-state index contributed by atoms with van der Waals surface area (Å²) in [6.45, 7) is 8.52. The third kappa shape index (κ3) is 2.83. The zero-order valence-corrected chi connectivity index (χ0v) is 18.9. The van der Waals surface area contributed by atoms with Crippen LogP contribution in [0.25, 0.3) is 0 Å². The summed E-state index contributed by atoms with van der Waals surface area (Å²) in [5.74, 6) is 11.8. The van der Waals surface area contributed by atoms with Gasteiger partial charge in [0.15, 0.2) is 31.4 Å². The molecule has 1 saturated heterocycles. The molecule has 0 saturated carbocycles. The Labute approximate surface area is 179 Å². The predicted molar refractivity (Wildman–Crippen MR) is 118 cm³/mol. The number of aliphatic hydroxyl groups excluding tert-OH is 1. The molecule has 0 aromatic rings. The van der Waals surface area contributed by atoms with Crippen molar-refractivity contribution in [3.8, 4) is 23.7 Å². The van der Waals surface area contributed by atoms with Gasteiger partial charge in [-0.1, -0.05) is 44.5 Å². The Morgan fingerprint density at radius 2 is 1.87 bits per heavy atom. The summed E-state index contributed by atoms with van der Waals surface area (Å²) in [6.07, 6.45) is 6.42. The normalized spacial score (nSPS) is 35.3. The van der Waals surface area contributed by atoms with Gasteiger partial charge in [0.05, 0.1) is 11.8 Å². The van der Waals surface area contributed by atoms with Gasteiger partial charge in [-0.05, 0) is 55.4 Å². The molecule has 0 spiro atoms. The summed E-state index contributed by atoms with van der Waals surface area (Å²) in [4.78, 5) is 17.0. The van der Waals surface area contributed by atoms with E-state index in [1.807, 2.05) is 6.92 Å². The van der Waals surface area contributed by atoms with Crippen molar-refractivity contribution in [3.63, 3.8) is 0 Å². The molecule has 2 aliphatic heterocycles. The van der Waals surface area contributed by atoms with Crippen molar-refractivity contribution in [2.24, 2.45) is 4.99 Å². The Morgan fingerprint density at radius 1 is 1.20 bits per heavy atom. The summed E-state index contributed by atoms with van der Waals surface area (Å²) in [7, 11) is -1.98. The van der Waals surface area contributed by atoms with Crippen molar-refractivity contribution in [2.75, 3.05) is 0 Å². The maximum absolute atomic E-state index is 12.2. The number of allylic oxidation sites excluding steroid dienone is 5. The molecule has 30 heavy (non-hydrogen) atoms. The highest BCUT2D eigenvalue weighted by molar-refractivity contribution is 6.73. The van der Waals surface area contributed by atoms with E-state index in [0.717, 1.165) is 18.1 Å². The van der Waals surface area contributed by atoms with Gasteiger partial charge in [-0.25, -0.2) is 0 Å². The van der Waals surface area contributed by atoms with Crippen LogP contribution in [0.2, 0.25) is 18.1 Å². The highest BCUT2D eigenvalue weighted by Crippen LogP contribution is 2.63. The lowest BCUT2D eigenvalue weighted by Crippen LogP contribution is -2.57. The highest BCUT2D eigenvalue weighted by atomic mass is 28.4. The van der Waals surface area contributed by atoms with Crippen molar-refractivity contribution in [1.29, 1.82) is 0 Å². The van der Waals surface area contributed by atoms with Crippen LogP contribution in [-0.4, -0.2) is 54.4 Å². The summed E-state index contributed by atoms with van der Waals surface area (Å²) in [6, 6.07) is 2.45. The first-order chi connectivity index (χ1) is 14.4. The largest absolute Gasteiger partial charge is 0.411 e. The minimum absolute atomic E-state index is 0.155. The van der Waals surface area contributed by atoms with E-state index in [1.165, 1.54) is 12.2 Å². The minimum Gasteiger partial charge on any atom is -0.411 e. The molecule has 156 valence electrons. The number of hydrogen-bond acceptors (Lipinski definition) is 5. The average molecular weight is 422 g/mol. The summed E-state index contributed by atoms with van der Waals surface area (Å²) < 4.78 is 13.3. The van der Waals surface area contributed by atoms with Gasteiger partial charge < -0.3 is 14.3 Å². The molecule has 2 aliphatic carbocycles. The number of rotatable bonds is 6. The fourth-order valence-electron chi connectivity index (χ4n) is 4.99. The molecule has 5 atom stereocenters. The topological polar surface area (TPSA) is 71.4 Å². The van der Waals surface area contributed by atoms with Crippen LogP contribution in [0.5, 0.6) is 0 Å². The monoisotopic (exact) mass is 421 g/mol. The van der Waals surface area contributed by atoms with Crippen LogP contribution in [0.3, 0.4) is 0 Å². The number of ketones is 1. The third-order valence-electron chi connectivity index (χ3n) is 6.95. The molecule has 1 fully saturated rings. The van der Waals surface area contributed by atoms with E-state index in [-0.39, 0.29) is 11.9 Å². The van der Waals surface area contributed by atoms with E-state index in [1.54, 1.807) is 18.2 Å². The minimum atomic E-state index is -1.98. The number of carbonyl (C=O) groups is 1. The fraction of sp³-hybridized carbons (Fsp3) is 0.500. The molecule has 4 aliphatic rings. The third-order valence-corrected chi connectivity index (χ3v) is 11.7. The Bertz CT molecular complexity index is 1010. The Morgan fingerprint density at radius 3 is 2.53 bits per heavy atom. The first-order valence-corrected chi connectivity index (χ1v) is 13.2. The number of hydrogen-bond donors (Lipinski definition) is 1. The van der Waals surface area contributed by atoms with Crippen LogP contribution in [0, 0.1) is 23.7 Å². The van der Waals surface area contributed by atoms with E-state index < -0.39 is 31.7 Å². The van der Waals surface area contributed by atoms with Gasteiger partial charge >= 0.3 is 0 Å². The number of ether oxygens (including phenoxy) is 1. The van der Waals surface area contributed by atoms with Crippen LogP contribution >= 0.6 is 0 Å². The maximum Gasteiger partial charge on any atom is 0.192 e. The SMILES string of the molecule is CC[Si](CC)(CC)O[C@@H](C)[C@@]12O[C@]13C1=CC(=O)C=CC1=N[C@H]2C#C/C=C\C#C[C@H]3O. The van der Waals surface area contributed by atoms with Crippen LogP contribution in [0.1, 0.15) is 27.7 Å². The standard InChI is InChI=1S/C24H27NO4Si/c1-5-30(6-2,7-3)28-17(4)23-21-12-10-8-9-11-13-22(27)24(23,29-23)19-16-18(26)14-15-20(19)25-21/h8-9,14-17,21-22,27H,5-7H2,1-4H3/b9-8-/t17-,21-,22+,23-,24-/m0/s1. The number of aliphatic hydroxyl groups is 1. The zero-order valence-electron chi connectivity index (χ0n) is 17.9. The molecule has 2 bridgehead atoms. The van der Waals surface area contributed by atoms with E-state index >= 15 is 0 Å². The predicted octanol–water partition coefficient (Wildman–Crippen LogP) is 2.73.